The minimum Gasteiger partial charge on any atom is -0.494 e. The fraction of sp³-hybridized carbons (Fsp3) is 0.167. The topological polar surface area (TPSA) is 124 Å². The summed E-state index contributed by atoms with van der Waals surface area (Å²) >= 11 is 1.07. The molecule has 5 aromatic rings. The van der Waals surface area contributed by atoms with Gasteiger partial charge in [-0.2, -0.15) is 9.50 Å². The van der Waals surface area contributed by atoms with Gasteiger partial charge in [-0.3, -0.25) is 19.3 Å². The molecule has 0 spiro atoms. The number of anilines is 2. The molecular formula is C30H23N5O6S. The zero-order valence-corrected chi connectivity index (χ0v) is 23.1. The Labute approximate surface area is 242 Å². The summed E-state index contributed by atoms with van der Waals surface area (Å²) < 4.78 is 18.6. The predicted molar refractivity (Wildman–Crippen MR) is 155 cm³/mol. The van der Waals surface area contributed by atoms with Crippen LogP contribution in [0.4, 0.5) is 11.4 Å². The number of benzene rings is 3. The number of hydrogen-bond acceptors (Lipinski definition) is 9. The molecule has 1 unspecified atom stereocenters. The maximum absolute atomic E-state index is 13.7. The summed E-state index contributed by atoms with van der Waals surface area (Å²) in [6, 6.07) is 21.4. The zero-order valence-electron chi connectivity index (χ0n) is 22.3. The Bertz CT molecular complexity index is 1970. The van der Waals surface area contributed by atoms with E-state index in [1.54, 1.807) is 54.6 Å². The van der Waals surface area contributed by atoms with E-state index >= 15 is 0 Å². The van der Waals surface area contributed by atoms with E-state index in [-0.39, 0.29) is 29.2 Å². The Hall–Kier alpha value is -5.23. The number of para-hydroxylation sites is 3. The molecule has 1 N–H and O–H groups in total. The molecule has 2 aliphatic heterocycles. The van der Waals surface area contributed by atoms with Crippen LogP contribution in [0.1, 0.15) is 24.4 Å². The Kier molecular flexibility index (Phi) is 6.31. The molecule has 0 aliphatic carbocycles. The summed E-state index contributed by atoms with van der Waals surface area (Å²) in [6.07, 6.45) is -0.583. The molecule has 4 heterocycles. The number of aromatic nitrogens is 3. The van der Waals surface area contributed by atoms with Gasteiger partial charge in [-0.05, 0) is 49.4 Å². The van der Waals surface area contributed by atoms with Gasteiger partial charge < -0.3 is 19.5 Å². The first kappa shape index (κ1) is 25.7. The van der Waals surface area contributed by atoms with Gasteiger partial charge in [-0.15, -0.1) is 5.10 Å². The number of amides is 2. The van der Waals surface area contributed by atoms with Crippen LogP contribution in [0.3, 0.4) is 0 Å². The Morgan fingerprint density at radius 3 is 2.60 bits per heavy atom. The van der Waals surface area contributed by atoms with E-state index in [0.717, 1.165) is 11.3 Å². The average molecular weight is 582 g/mol. The first-order valence-corrected chi connectivity index (χ1v) is 14.1. The lowest BCUT2D eigenvalue weighted by Crippen LogP contribution is -2.37. The van der Waals surface area contributed by atoms with Crippen molar-refractivity contribution in [2.75, 3.05) is 30.0 Å². The van der Waals surface area contributed by atoms with Crippen molar-refractivity contribution in [2.45, 2.75) is 13.0 Å². The monoisotopic (exact) mass is 581 g/mol. The quantitative estimate of drug-likeness (QED) is 0.325. The number of nitrogens with one attached hydrogen (secondary N) is 1. The highest BCUT2D eigenvalue weighted by atomic mass is 32.1. The smallest absolute Gasteiger partial charge is 0.291 e. The summed E-state index contributed by atoms with van der Waals surface area (Å²) in [5, 5.41) is 7.21. The highest BCUT2D eigenvalue weighted by molar-refractivity contribution is 7.15. The molecule has 0 bridgehead atoms. The van der Waals surface area contributed by atoms with E-state index < -0.39 is 17.6 Å². The van der Waals surface area contributed by atoms with E-state index in [0.29, 0.717) is 51.6 Å². The molecule has 12 heteroatoms. The molecule has 0 saturated heterocycles. The molecular weight excluding hydrogens is 558 g/mol. The molecule has 7 rings (SSSR count). The predicted octanol–water partition coefficient (Wildman–Crippen LogP) is 2.97. The lowest BCUT2D eigenvalue weighted by molar-refractivity contribution is -0.118. The lowest BCUT2D eigenvalue weighted by Gasteiger charge is -2.24. The second kappa shape index (κ2) is 10.3. The van der Waals surface area contributed by atoms with Crippen molar-refractivity contribution in [3.05, 3.63) is 99.1 Å². The fourth-order valence-corrected chi connectivity index (χ4v) is 5.99. The molecule has 0 fully saturated rings. The third kappa shape index (κ3) is 4.41. The second-order valence-corrected chi connectivity index (χ2v) is 10.5. The molecule has 3 aromatic carbocycles. The SMILES string of the molecule is CCOc1ccc(NC(=O)CN2C(=O)/C(=c3\sc4nc(C5COc6ccccc6O5)nn4c3=O)c3ccccc32)cc1. The largest absolute Gasteiger partial charge is 0.494 e. The van der Waals surface area contributed by atoms with Gasteiger partial charge in [0, 0.05) is 11.3 Å². The molecule has 210 valence electrons. The van der Waals surface area contributed by atoms with Crippen molar-refractivity contribution in [3.63, 3.8) is 0 Å². The number of nitrogens with zero attached hydrogens (tertiary/aromatic N) is 4. The Morgan fingerprint density at radius 2 is 1.81 bits per heavy atom. The summed E-state index contributed by atoms with van der Waals surface area (Å²) in [5.41, 5.74) is 1.44. The van der Waals surface area contributed by atoms with Crippen LogP contribution < -0.4 is 34.5 Å². The first-order valence-electron chi connectivity index (χ1n) is 13.3. The molecule has 2 aromatic heterocycles. The van der Waals surface area contributed by atoms with Crippen molar-refractivity contribution < 1.29 is 23.8 Å². The number of thiazole rings is 1. The summed E-state index contributed by atoms with van der Waals surface area (Å²) in [7, 11) is 0. The van der Waals surface area contributed by atoms with Gasteiger partial charge >= 0.3 is 0 Å². The van der Waals surface area contributed by atoms with Crippen LogP contribution in [0, 0.1) is 0 Å². The third-order valence-electron chi connectivity index (χ3n) is 6.87. The number of ether oxygens (including phenoxy) is 3. The molecule has 42 heavy (non-hydrogen) atoms. The van der Waals surface area contributed by atoms with Crippen LogP contribution in [0.2, 0.25) is 0 Å². The Balaban J connectivity index is 1.18. The van der Waals surface area contributed by atoms with Crippen molar-refractivity contribution in [1.29, 1.82) is 0 Å². The summed E-state index contributed by atoms with van der Waals surface area (Å²) in [6.45, 7) is 2.40. The van der Waals surface area contributed by atoms with Gasteiger partial charge in [0.05, 0.1) is 17.9 Å². The number of hydrogen-bond donors (Lipinski definition) is 1. The number of rotatable bonds is 6. The van der Waals surface area contributed by atoms with Crippen LogP contribution in [0.5, 0.6) is 17.2 Å². The fourth-order valence-electron chi connectivity index (χ4n) is 4.99. The van der Waals surface area contributed by atoms with Gasteiger partial charge in [0.15, 0.2) is 23.4 Å². The molecule has 0 saturated carbocycles. The maximum atomic E-state index is 13.7. The molecule has 1 atom stereocenters. The van der Waals surface area contributed by atoms with Crippen molar-refractivity contribution in [2.24, 2.45) is 0 Å². The number of fused-ring (bicyclic) bond motifs is 3. The van der Waals surface area contributed by atoms with E-state index in [4.69, 9.17) is 14.2 Å². The van der Waals surface area contributed by atoms with Gasteiger partial charge in [-0.25, -0.2) is 0 Å². The minimum atomic E-state index is -0.583. The average Bonchev–Trinajstić information content (AvgIpc) is 3.64. The van der Waals surface area contributed by atoms with E-state index in [2.05, 4.69) is 15.4 Å². The lowest BCUT2D eigenvalue weighted by atomic mass is 10.1. The maximum Gasteiger partial charge on any atom is 0.291 e. The standard InChI is InChI=1S/C30H23N5O6S/c1-2-39-18-13-11-17(12-14-18)31-24(36)15-34-20-8-4-3-7-19(20)25(28(34)37)26-29(38)35-30(42-26)32-27(33-35)23-16-40-21-9-5-6-10-22(21)41-23/h3-14,23H,2,15-16H2,1H3,(H,31,36)/b26-25-. The normalized spacial score (nSPS) is 16.9. The molecule has 11 nitrogen and oxygen atoms in total. The van der Waals surface area contributed by atoms with Crippen molar-refractivity contribution >= 4 is 45.1 Å². The number of carbonyl (C=O) groups excluding carboxylic acids is 2. The van der Waals surface area contributed by atoms with E-state index in [1.807, 2.05) is 25.1 Å². The molecule has 2 amide bonds. The molecule has 0 radical (unpaired) electrons. The van der Waals surface area contributed by atoms with Gasteiger partial charge in [0.1, 0.15) is 23.4 Å². The van der Waals surface area contributed by atoms with Crippen LogP contribution >= 0.6 is 11.3 Å². The zero-order chi connectivity index (χ0) is 28.8. The molecule has 2 aliphatic rings. The van der Waals surface area contributed by atoms with Crippen LogP contribution in [-0.2, 0) is 9.59 Å². The third-order valence-corrected chi connectivity index (χ3v) is 7.90. The highest BCUT2D eigenvalue weighted by Gasteiger charge is 2.36. The van der Waals surface area contributed by atoms with E-state index in [9.17, 15) is 14.4 Å². The van der Waals surface area contributed by atoms with Crippen molar-refractivity contribution in [1.82, 2.24) is 14.6 Å². The van der Waals surface area contributed by atoms with Crippen molar-refractivity contribution in [3.8, 4) is 17.2 Å². The van der Waals surface area contributed by atoms with Gasteiger partial charge in [0.2, 0.25) is 10.9 Å². The summed E-state index contributed by atoms with van der Waals surface area (Å²) in [5.74, 6) is 1.39. The van der Waals surface area contributed by atoms with E-state index in [1.165, 1.54) is 9.42 Å². The summed E-state index contributed by atoms with van der Waals surface area (Å²) in [4.78, 5) is 46.4. The number of carbonyl (C=O) groups is 2. The van der Waals surface area contributed by atoms with Crippen LogP contribution in [0.25, 0.3) is 10.5 Å². The van der Waals surface area contributed by atoms with Gasteiger partial charge in [-0.1, -0.05) is 41.7 Å². The highest BCUT2D eigenvalue weighted by Crippen LogP contribution is 2.36. The van der Waals surface area contributed by atoms with Gasteiger partial charge in [0.25, 0.3) is 11.5 Å². The van der Waals surface area contributed by atoms with Crippen LogP contribution in [0.15, 0.2) is 77.6 Å². The Morgan fingerprint density at radius 1 is 1.05 bits per heavy atom. The minimum absolute atomic E-state index is 0.201. The van der Waals surface area contributed by atoms with Crippen LogP contribution in [-0.4, -0.2) is 46.2 Å². The first-order chi connectivity index (χ1) is 20.5. The second-order valence-electron chi connectivity index (χ2n) is 9.55.